The van der Waals surface area contributed by atoms with Crippen molar-refractivity contribution in [2.45, 2.75) is 51.0 Å². The fraction of sp³-hybridized carbons (Fsp3) is 1.00. The van der Waals surface area contributed by atoms with E-state index in [0.717, 1.165) is 11.8 Å². The molecule has 1 unspecified atom stereocenters. The number of likely N-dealkylation sites (N-methyl/N-ethyl adjacent to an activating group) is 1. The molecule has 2 aliphatic rings. The average molecular weight is 270 g/mol. The van der Waals surface area contributed by atoms with E-state index in [1.165, 1.54) is 64.6 Å². The van der Waals surface area contributed by atoms with Crippen molar-refractivity contribution in [2.24, 2.45) is 5.41 Å². The molecule has 1 aliphatic carbocycles. The molecule has 0 N–H and O–H groups in total. The molecule has 1 aliphatic heterocycles. The van der Waals surface area contributed by atoms with Gasteiger partial charge in [-0.05, 0) is 57.5 Å². The molecule has 106 valence electrons. The summed E-state index contributed by atoms with van der Waals surface area (Å²) in [7, 11) is 4.45. The van der Waals surface area contributed by atoms with Crippen LogP contribution in [0.1, 0.15) is 44.9 Å². The van der Waals surface area contributed by atoms with Gasteiger partial charge in [-0.3, -0.25) is 0 Å². The minimum atomic E-state index is 0.523. The maximum atomic E-state index is 4.67. The largest absolute Gasteiger partial charge is 0.305 e. The Kier molecular flexibility index (Phi) is 5.40. The Bertz CT molecular complexity index is 249. The molecule has 2 nitrogen and oxygen atoms in total. The van der Waals surface area contributed by atoms with Gasteiger partial charge < -0.3 is 9.80 Å². The van der Waals surface area contributed by atoms with Gasteiger partial charge in [0.1, 0.15) is 0 Å². The summed E-state index contributed by atoms with van der Waals surface area (Å²) in [6.07, 6.45) is 9.83. The quantitative estimate of drug-likeness (QED) is 0.785. The molecule has 1 saturated heterocycles. The maximum Gasteiger partial charge on any atom is 0.0217 e. The second kappa shape index (κ2) is 6.62. The molecule has 0 radical (unpaired) electrons. The third-order valence-corrected chi connectivity index (χ3v) is 5.69. The number of piperidine rings is 1. The molecule has 0 amide bonds. The molecule has 1 atom stereocenters. The van der Waals surface area contributed by atoms with E-state index in [0.29, 0.717) is 5.41 Å². The molecule has 3 heteroatoms. The highest BCUT2D eigenvalue weighted by Crippen LogP contribution is 2.38. The molecule has 0 aromatic heterocycles. The van der Waals surface area contributed by atoms with Crippen LogP contribution in [0.15, 0.2) is 0 Å². The van der Waals surface area contributed by atoms with Crippen molar-refractivity contribution in [3.63, 3.8) is 0 Å². The third kappa shape index (κ3) is 3.64. The predicted octanol–water partition coefficient (Wildman–Crippen LogP) is 2.89. The van der Waals surface area contributed by atoms with E-state index in [2.05, 4.69) is 36.5 Å². The monoisotopic (exact) mass is 270 g/mol. The fourth-order valence-corrected chi connectivity index (χ4v) is 4.15. The van der Waals surface area contributed by atoms with Gasteiger partial charge >= 0.3 is 0 Å². The zero-order valence-corrected chi connectivity index (χ0v) is 13.1. The summed E-state index contributed by atoms with van der Waals surface area (Å²) in [4.78, 5) is 5.12. The van der Waals surface area contributed by atoms with Crippen LogP contribution >= 0.6 is 12.6 Å². The fourth-order valence-electron chi connectivity index (χ4n) is 3.74. The van der Waals surface area contributed by atoms with Crippen molar-refractivity contribution in [3.8, 4) is 0 Å². The van der Waals surface area contributed by atoms with E-state index < -0.39 is 0 Å². The van der Waals surface area contributed by atoms with Gasteiger partial charge in [0.25, 0.3) is 0 Å². The van der Waals surface area contributed by atoms with Gasteiger partial charge in [-0.15, -0.1) is 0 Å². The minimum absolute atomic E-state index is 0.523. The molecule has 2 rings (SSSR count). The topological polar surface area (TPSA) is 6.48 Å². The van der Waals surface area contributed by atoms with Crippen molar-refractivity contribution in [3.05, 3.63) is 0 Å². The Labute approximate surface area is 119 Å². The first-order chi connectivity index (χ1) is 8.65. The van der Waals surface area contributed by atoms with E-state index in [9.17, 15) is 0 Å². The highest BCUT2D eigenvalue weighted by atomic mass is 32.1. The van der Waals surface area contributed by atoms with E-state index in [-0.39, 0.29) is 0 Å². The van der Waals surface area contributed by atoms with Gasteiger partial charge in [0.2, 0.25) is 0 Å². The summed E-state index contributed by atoms with van der Waals surface area (Å²) >= 11 is 4.67. The van der Waals surface area contributed by atoms with Crippen molar-refractivity contribution in [2.75, 3.05) is 39.5 Å². The molecular formula is C15H30N2S. The molecule has 1 heterocycles. The van der Waals surface area contributed by atoms with E-state index in [1.807, 2.05) is 0 Å². The minimum Gasteiger partial charge on any atom is -0.305 e. The Morgan fingerprint density at radius 1 is 1.17 bits per heavy atom. The Hall–Kier alpha value is 0.270. The average Bonchev–Trinajstić information content (AvgIpc) is 2.40. The maximum absolute atomic E-state index is 4.67. The Morgan fingerprint density at radius 2 is 1.89 bits per heavy atom. The van der Waals surface area contributed by atoms with Gasteiger partial charge in [0.15, 0.2) is 0 Å². The second-order valence-electron chi connectivity index (χ2n) is 6.71. The molecule has 18 heavy (non-hydrogen) atoms. The molecule has 1 saturated carbocycles. The van der Waals surface area contributed by atoms with Crippen molar-refractivity contribution in [1.82, 2.24) is 9.80 Å². The Morgan fingerprint density at radius 3 is 2.50 bits per heavy atom. The van der Waals surface area contributed by atoms with Crippen LogP contribution in [-0.2, 0) is 0 Å². The first-order valence-electron chi connectivity index (χ1n) is 7.65. The molecule has 0 spiro atoms. The SMILES string of the molecule is CN(C)C1CCCN(CC2(CS)CCCCC2)C1. The van der Waals surface area contributed by atoms with E-state index >= 15 is 0 Å². The highest BCUT2D eigenvalue weighted by Gasteiger charge is 2.34. The lowest BCUT2D eigenvalue weighted by Crippen LogP contribution is -2.49. The molecule has 0 aromatic carbocycles. The van der Waals surface area contributed by atoms with Crippen LogP contribution in [0.25, 0.3) is 0 Å². The molecule has 2 fully saturated rings. The number of nitrogens with zero attached hydrogens (tertiary/aromatic N) is 2. The van der Waals surface area contributed by atoms with Crippen LogP contribution < -0.4 is 0 Å². The lowest BCUT2D eigenvalue weighted by Gasteiger charge is -2.44. The molecule has 0 bridgehead atoms. The summed E-state index contributed by atoms with van der Waals surface area (Å²) in [6.45, 7) is 3.86. The second-order valence-corrected chi connectivity index (χ2v) is 7.03. The highest BCUT2D eigenvalue weighted by molar-refractivity contribution is 7.80. The summed E-state index contributed by atoms with van der Waals surface area (Å²) in [6, 6.07) is 0.763. The van der Waals surface area contributed by atoms with Gasteiger partial charge in [0.05, 0.1) is 0 Å². The summed E-state index contributed by atoms with van der Waals surface area (Å²) < 4.78 is 0. The zero-order chi connectivity index (χ0) is 13.0. The number of likely N-dealkylation sites (tertiary alicyclic amines) is 1. The summed E-state index contributed by atoms with van der Waals surface area (Å²) in [5.41, 5.74) is 0.523. The number of hydrogen-bond donors (Lipinski definition) is 1. The molecular weight excluding hydrogens is 240 g/mol. The number of hydrogen-bond acceptors (Lipinski definition) is 3. The lowest BCUT2D eigenvalue weighted by atomic mass is 9.75. The van der Waals surface area contributed by atoms with Crippen LogP contribution in [0, 0.1) is 5.41 Å². The normalized spacial score (nSPS) is 29.7. The van der Waals surface area contributed by atoms with Gasteiger partial charge in [0, 0.05) is 19.1 Å². The van der Waals surface area contributed by atoms with Crippen molar-refractivity contribution in [1.29, 1.82) is 0 Å². The predicted molar refractivity (Wildman–Crippen MR) is 82.5 cm³/mol. The van der Waals surface area contributed by atoms with Gasteiger partial charge in [-0.25, -0.2) is 0 Å². The first kappa shape index (κ1) is 14.7. The molecule has 0 aromatic rings. The smallest absolute Gasteiger partial charge is 0.0217 e. The van der Waals surface area contributed by atoms with Gasteiger partial charge in [-0.2, -0.15) is 12.6 Å². The van der Waals surface area contributed by atoms with Crippen LogP contribution in [0.5, 0.6) is 0 Å². The Balaban J connectivity index is 1.90. The van der Waals surface area contributed by atoms with Crippen LogP contribution in [0.4, 0.5) is 0 Å². The van der Waals surface area contributed by atoms with Crippen LogP contribution in [0.2, 0.25) is 0 Å². The summed E-state index contributed by atoms with van der Waals surface area (Å²) in [5, 5.41) is 0. The van der Waals surface area contributed by atoms with Crippen molar-refractivity contribution >= 4 is 12.6 Å². The lowest BCUT2D eigenvalue weighted by molar-refractivity contribution is 0.0746. The van der Waals surface area contributed by atoms with E-state index in [4.69, 9.17) is 0 Å². The standard InChI is InChI=1S/C15H30N2S/c1-16(2)14-7-6-10-17(11-14)12-15(13-18)8-4-3-5-9-15/h14,18H,3-13H2,1-2H3. The van der Waals surface area contributed by atoms with Crippen LogP contribution in [0.3, 0.4) is 0 Å². The van der Waals surface area contributed by atoms with Gasteiger partial charge in [-0.1, -0.05) is 19.3 Å². The van der Waals surface area contributed by atoms with Crippen LogP contribution in [-0.4, -0.2) is 55.3 Å². The summed E-state index contributed by atoms with van der Waals surface area (Å²) in [5.74, 6) is 1.08. The van der Waals surface area contributed by atoms with E-state index in [1.54, 1.807) is 0 Å². The number of thiol groups is 1. The van der Waals surface area contributed by atoms with Crippen molar-refractivity contribution < 1.29 is 0 Å². The number of rotatable bonds is 4. The third-order valence-electron chi connectivity index (χ3n) is 5.02. The zero-order valence-electron chi connectivity index (χ0n) is 12.2. The first-order valence-corrected chi connectivity index (χ1v) is 8.28.